The van der Waals surface area contributed by atoms with E-state index in [1.54, 1.807) is 24.3 Å². The van der Waals surface area contributed by atoms with Gasteiger partial charge in [-0.25, -0.2) is 9.59 Å². The average Bonchev–Trinajstić information content (AvgIpc) is 2.76. The Bertz CT molecular complexity index is 1130. The predicted octanol–water partition coefficient (Wildman–Crippen LogP) is 6.48. The number of hydrogen-bond acceptors (Lipinski definition) is 6. The first-order valence-corrected chi connectivity index (χ1v) is 9.91. The number of carbonyl (C=O) groups excluding carboxylic acids is 2. The van der Waals surface area contributed by atoms with E-state index in [-0.39, 0.29) is 13.2 Å². The minimum Gasteiger partial charge on any atom is -0.434 e. The van der Waals surface area contributed by atoms with Gasteiger partial charge in [-0.1, -0.05) is 54.1 Å². The van der Waals surface area contributed by atoms with Crippen molar-refractivity contribution >= 4 is 33.9 Å². The van der Waals surface area contributed by atoms with Crippen molar-refractivity contribution in [3.63, 3.8) is 0 Å². The van der Waals surface area contributed by atoms with Crippen LogP contribution in [0, 0.1) is 6.92 Å². The molecule has 3 rings (SSSR count). The molecule has 0 aromatic heterocycles. The van der Waals surface area contributed by atoms with E-state index in [2.05, 4.69) is 13.2 Å². The lowest BCUT2D eigenvalue weighted by Crippen LogP contribution is -2.13. The average molecular weight is 420 g/mol. The molecule has 0 saturated carbocycles. The van der Waals surface area contributed by atoms with Crippen LogP contribution in [-0.2, 0) is 9.47 Å². The molecule has 6 heteroatoms. The molecule has 0 saturated heterocycles. The van der Waals surface area contributed by atoms with Gasteiger partial charge < -0.3 is 18.9 Å². The molecule has 0 aliphatic carbocycles. The van der Waals surface area contributed by atoms with E-state index in [1.807, 2.05) is 37.3 Å². The summed E-state index contributed by atoms with van der Waals surface area (Å²) >= 11 is 0. The third-order valence-electron chi connectivity index (χ3n) is 4.54. The summed E-state index contributed by atoms with van der Waals surface area (Å²) in [5.74, 6) is 0.673. The van der Waals surface area contributed by atoms with Crippen molar-refractivity contribution in [1.29, 1.82) is 0 Å². The van der Waals surface area contributed by atoms with Gasteiger partial charge in [0.15, 0.2) is 0 Å². The van der Waals surface area contributed by atoms with Gasteiger partial charge in [0.2, 0.25) is 0 Å². The van der Waals surface area contributed by atoms with Gasteiger partial charge >= 0.3 is 12.3 Å². The maximum absolute atomic E-state index is 12.3. The van der Waals surface area contributed by atoms with Crippen LogP contribution < -0.4 is 9.47 Å². The minimum atomic E-state index is -0.814. The number of rotatable bonds is 8. The molecule has 3 aromatic rings. The summed E-state index contributed by atoms with van der Waals surface area (Å²) in [5.41, 5.74) is 0.951. The Morgan fingerprint density at radius 3 is 1.77 bits per heavy atom. The summed E-state index contributed by atoms with van der Waals surface area (Å²) in [6.45, 7) is 9.47. The standard InChI is InChI=1S/C25H24O6/c1-4-6-14-28-24(26)30-22-18-10-8-9-11-19(18)23(31-25(27)29-15-7-5-2)21-16-17(3)12-13-20(21)22/h4-5,8-13,16H,1-2,6-7,14-15H2,3H3. The molecule has 0 radical (unpaired) electrons. The lowest BCUT2D eigenvalue weighted by Gasteiger charge is -2.16. The molecular weight excluding hydrogens is 396 g/mol. The highest BCUT2D eigenvalue weighted by atomic mass is 16.7. The van der Waals surface area contributed by atoms with Crippen LogP contribution in [0.15, 0.2) is 67.8 Å². The molecule has 0 atom stereocenters. The molecule has 160 valence electrons. The Hall–Kier alpha value is -3.80. The molecule has 0 unspecified atom stereocenters. The van der Waals surface area contributed by atoms with Crippen LogP contribution in [0.2, 0.25) is 0 Å². The highest BCUT2D eigenvalue weighted by Crippen LogP contribution is 2.43. The first-order chi connectivity index (χ1) is 15.0. The molecule has 31 heavy (non-hydrogen) atoms. The second kappa shape index (κ2) is 10.3. The van der Waals surface area contributed by atoms with Gasteiger partial charge in [-0.05, 0) is 25.8 Å². The lowest BCUT2D eigenvalue weighted by molar-refractivity contribution is 0.0999. The van der Waals surface area contributed by atoms with Crippen LogP contribution in [-0.4, -0.2) is 25.5 Å². The van der Waals surface area contributed by atoms with E-state index >= 15 is 0 Å². The van der Waals surface area contributed by atoms with Crippen LogP contribution in [0.5, 0.6) is 11.5 Å². The number of hydrogen-bond donors (Lipinski definition) is 0. The monoisotopic (exact) mass is 420 g/mol. The molecule has 0 spiro atoms. The van der Waals surface area contributed by atoms with Gasteiger partial charge in [0.25, 0.3) is 0 Å². The highest BCUT2D eigenvalue weighted by molar-refractivity contribution is 6.12. The molecule has 3 aromatic carbocycles. The summed E-state index contributed by atoms with van der Waals surface area (Å²) in [6.07, 6.45) is 2.73. The zero-order valence-electron chi connectivity index (χ0n) is 17.4. The third-order valence-corrected chi connectivity index (χ3v) is 4.54. The quantitative estimate of drug-likeness (QED) is 0.136. The Morgan fingerprint density at radius 1 is 0.774 bits per heavy atom. The fourth-order valence-electron chi connectivity index (χ4n) is 3.11. The molecule has 0 N–H and O–H groups in total. The number of ether oxygens (including phenoxy) is 4. The topological polar surface area (TPSA) is 71.1 Å². The zero-order chi connectivity index (χ0) is 22.2. The van der Waals surface area contributed by atoms with Gasteiger partial charge in [-0.3, -0.25) is 0 Å². The molecular formula is C25H24O6. The smallest absolute Gasteiger partial charge is 0.434 e. The van der Waals surface area contributed by atoms with E-state index in [4.69, 9.17) is 18.9 Å². The van der Waals surface area contributed by atoms with Gasteiger partial charge in [0.05, 0.1) is 13.2 Å². The van der Waals surface area contributed by atoms with Crippen LogP contribution in [0.1, 0.15) is 18.4 Å². The number of fused-ring (bicyclic) bond motifs is 2. The Balaban J connectivity index is 2.09. The van der Waals surface area contributed by atoms with Crippen LogP contribution in [0.3, 0.4) is 0 Å². The van der Waals surface area contributed by atoms with Crippen LogP contribution in [0.25, 0.3) is 21.5 Å². The van der Waals surface area contributed by atoms with Gasteiger partial charge in [-0.15, -0.1) is 13.2 Å². The molecule has 0 aliphatic heterocycles. The Labute approximate surface area is 180 Å². The van der Waals surface area contributed by atoms with Crippen molar-refractivity contribution in [1.82, 2.24) is 0 Å². The molecule has 0 heterocycles. The summed E-state index contributed by atoms with van der Waals surface area (Å²) in [6, 6.07) is 12.8. The summed E-state index contributed by atoms with van der Waals surface area (Å²) in [5, 5.41) is 2.44. The second-order valence-corrected chi connectivity index (χ2v) is 6.81. The van der Waals surface area contributed by atoms with E-state index < -0.39 is 12.3 Å². The summed E-state index contributed by atoms with van der Waals surface area (Å²) < 4.78 is 21.4. The fourth-order valence-corrected chi connectivity index (χ4v) is 3.11. The maximum atomic E-state index is 12.3. The minimum absolute atomic E-state index is 0.176. The van der Waals surface area contributed by atoms with Gasteiger partial charge in [0.1, 0.15) is 11.5 Å². The van der Waals surface area contributed by atoms with E-state index in [0.717, 1.165) is 5.56 Å². The molecule has 0 aliphatic rings. The van der Waals surface area contributed by atoms with Crippen molar-refractivity contribution in [2.75, 3.05) is 13.2 Å². The largest absolute Gasteiger partial charge is 0.513 e. The first kappa shape index (κ1) is 21.9. The first-order valence-electron chi connectivity index (χ1n) is 9.91. The Morgan fingerprint density at radius 2 is 1.26 bits per heavy atom. The summed E-state index contributed by atoms with van der Waals surface area (Å²) in [7, 11) is 0. The van der Waals surface area contributed by atoms with Gasteiger partial charge in [0, 0.05) is 21.5 Å². The molecule has 0 bridgehead atoms. The van der Waals surface area contributed by atoms with Crippen LogP contribution >= 0.6 is 0 Å². The van der Waals surface area contributed by atoms with Crippen molar-refractivity contribution in [3.8, 4) is 11.5 Å². The van der Waals surface area contributed by atoms with Crippen molar-refractivity contribution in [2.45, 2.75) is 19.8 Å². The number of benzene rings is 3. The predicted molar refractivity (Wildman–Crippen MR) is 120 cm³/mol. The van der Waals surface area contributed by atoms with Crippen molar-refractivity contribution < 1.29 is 28.5 Å². The Kier molecular flexibility index (Phi) is 7.27. The van der Waals surface area contributed by atoms with Gasteiger partial charge in [-0.2, -0.15) is 0 Å². The second-order valence-electron chi connectivity index (χ2n) is 6.81. The highest BCUT2D eigenvalue weighted by Gasteiger charge is 2.21. The molecule has 0 amide bonds. The molecule has 6 nitrogen and oxygen atoms in total. The van der Waals surface area contributed by atoms with E-state index in [0.29, 0.717) is 45.9 Å². The molecule has 0 fully saturated rings. The lowest BCUT2D eigenvalue weighted by atomic mass is 9.99. The number of carbonyl (C=O) groups is 2. The normalized spacial score (nSPS) is 10.5. The van der Waals surface area contributed by atoms with Crippen LogP contribution in [0.4, 0.5) is 9.59 Å². The fraction of sp³-hybridized carbons (Fsp3) is 0.200. The third kappa shape index (κ3) is 5.22. The van der Waals surface area contributed by atoms with E-state index in [1.165, 1.54) is 0 Å². The number of aryl methyl sites for hydroxylation is 1. The van der Waals surface area contributed by atoms with E-state index in [9.17, 15) is 9.59 Å². The van der Waals surface area contributed by atoms with Crippen molar-refractivity contribution in [3.05, 3.63) is 73.3 Å². The SMILES string of the molecule is C=CCCOC(=O)Oc1c2ccccc2c(OC(=O)OCCC=C)c2cc(C)ccc12. The zero-order valence-corrected chi connectivity index (χ0v) is 17.4. The maximum Gasteiger partial charge on any atom is 0.513 e. The summed E-state index contributed by atoms with van der Waals surface area (Å²) in [4.78, 5) is 24.5. The van der Waals surface area contributed by atoms with Crippen molar-refractivity contribution in [2.24, 2.45) is 0 Å².